The highest BCUT2D eigenvalue weighted by Crippen LogP contribution is 2.32. The molecule has 156 valence electrons. The van der Waals surface area contributed by atoms with Crippen molar-refractivity contribution in [3.8, 4) is 0 Å². The van der Waals surface area contributed by atoms with Gasteiger partial charge >= 0.3 is 0 Å². The zero-order valence-electron chi connectivity index (χ0n) is 16.6. The molecule has 0 heterocycles. The maximum absolute atomic E-state index is 13.0. The van der Waals surface area contributed by atoms with Crippen LogP contribution in [0.4, 0.5) is 11.4 Å². The highest BCUT2D eigenvalue weighted by atomic mass is 32.2. The fourth-order valence-corrected chi connectivity index (χ4v) is 5.32. The SMILES string of the molecule is CCNc1ccc(S(=O)(=O)N(C)C)cc1NS(=O)(=O)C1=Cc2ccccc2CC1. The topological polar surface area (TPSA) is 95.6 Å². The minimum Gasteiger partial charge on any atom is -0.384 e. The van der Waals surface area contributed by atoms with Crippen LogP contribution in [0.25, 0.3) is 6.08 Å². The van der Waals surface area contributed by atoms with Gasteiger partial charge in [-0.15, -0.1) is 0 Å². The fraction of sp³-hybridized carbons (Fsp3) is 0.300. The zero-order chi connectivity index (χ0) is 21.2. The third-order valence-electron chi connectivity index (χ3n) is 4.74. The van der Waals surface area contributed by atoms with Gasteiger partial charge in [0.2, 0.25) is 10.0 Å². The lowest BCUT2D eigenvalue weighted by Crippen LogP contribution is -2.23. The third-order valence-corrected chi connectivity index (χ3v) is 8.05. The van der Waals surface area contributed by atoms with Crippen molar-refractivity contribution in [3.05, 3.63) is 58.5 Å². The Labute approximate surface area is 172 Å². The van der Waals surface area contributed by atoms with Crippen LogP contribution in [0.1, 0.15) is 24.5 Å². The number of rotatable bonds is 7. The Morgan fingerprint density at radius 2 is 1.69 bits per heavy atom. The predicted octanol–water partition coefficient (Wildman–Crippen LogP) is 3.10. The van der Waals surface area contributed by atoms with E-state index >= 15 is 0 Å². The monoisotopic (exact) mass is 435 g/mol. The second-order valence-corrected chi connectivity index (χ2v) is 10.8. The molecule has 0 aliphatic heterocycles. The molecule has 1 aliphatic rings. The van der Waals surface area contributed by atoms with Gasteiger partial charge in [0.25, 0.3) is 10.0 Å². The minimum absolute atomic E-state index is 0.0184. The quantitative estimate of drug-likeness (QED) is 0.697. The van der Waals surface area contributed by atoms with Crippen molar-refractivity contribution >= 4 is 37.5 Å². The zero-order valence-corrected chi connectivity index (χ0v) is 18.3. The summed E-state index contributed by atoms with van der Waals surface area (Å²) >= 11 is 0. The van der Waals surface area contributed by atoms with Gasteiger partial charge in [0.05, 0.1) is 21.2 Å². The van der Waals surface area contributed by atoms with Crippen LogP contribution in [-0.4, -0.2) is 41.8 Å². The van der Waals surface area contributed by atoms with Crippen molar-refractivity contribution in [1.29, 1.82) is 0 Å². The molecule has 0 atom stereocenters. The molecule has 0 saturated carbocycles. The number of benzene rings is 2. The van der Waals surface area contributed by atoms with Gasteiger partial charge in [-0.25, -0.2) is 21.1 Å². The lowest BCUT2D eigenvalue weighted by molar-refractivity contribution is 0.521. The summed E-state index contributed by atoms with van der Waals surface area (Å²) in [5.74, 6) is 0. The first kappa shape index (κ1) is 21.4. The molecule has 2 aromatic rings. The predicted molar refractivity (Wildman–Crippen MR) is 117 cm³/mol. The van der Waals surface area contributed by atoms with E-state index in [4.69, 9.17) is 0 Å². The Morgan fingerprint density at radius 1 is 0.966 bits per heavy atom. The number of aryl methyl sites for hydroxylation is 1. The summed E-state index contributed by atoms with van der Waals surface area (Å²) in [4.78, 5) is 0.296. The Balaban J connectivity index is 2.01. The van der Waals surface area contributed by atoms with Crippen LogP contribution in [0.5, 0.6) is 0 Å². The van der Waals surface area contributed by atoms with E-state index in [-0.39, 0.29) is 15.5 Å². The highest BCUT2D eigenvalue weighted by molar-refractivity contribution is 7.96. The molecule has 0 fully saturated rings. The molecule has 0 bridgehead atoms. The maximum Gasteiger partial charge on any atom is 0.258 e. The van der Waals surface area contributed by atoms with Gasteiger partial charge in [-0.2, -0.15) is 0 Å². The van der Waals surface area contributed by atoms with E-state index in [0.717, 1.165) is 15.4 Å². The second kappa shape index (κ2) is 8.17. The molecule has 1 aliphatic carbocycles. The van der Waals surface area contributed by atoms with Crippen molar-refractivity contribution in [2.24, 2.45) is 0 Å². The van der Waals surface area contributed by atoms with E-state index in [9.17, 15) is 16.8 Å². The van der Waals surface area contributed by atoms with E-state index in [1.807, 2.05) is 31.2 Å². The van der Waals surface area contributed by atoms with Gasteiger partial charge < -0.3 is 5.32 Å². The molecule has 29 heavy (non-hydrogen) atoms. The van der Waals surface area contributed by atoms with Crippen molar-refractivity contribution < 1.29 is 16.8 Å². The average molecular weight is 436 g/mol. The van der Waals surface area contributed by atoms with Gasteiger partial charge in [0.1, 0.15) is 0 Å². The molecule has 0 radical (unpaired) electrons. The number of hydrogen-bond acceptors (Lipinski definition) is 5. The molecular formula is C20H25N3O4S2. The first-order valence-corrected chi connectivity index (χ1v) is 12.2. The number of anilines is 2. The summed E-state index contributed by atoms with van der Waals surface area (Å²) < 4.78 is 54.7. The van der Waals surface area contributed by atoms with Gasteiger partial charge in [-0.05, 0) is 55.2 Å². The van der Waals surface area contributed by atoms with E-state index < -0.39 is 20.0 Å². The normalized spacial score (nSPS) is 14.3. The Bertz CT molecular complexity index is 1150. The first-order chi connectivity index (χ1) is 13.6. The third kappa shape index (κ3) is 4.47. The number of hydrogen-bond donors (Lipinski definition) is 2. The van der Waals surface area contributed by atoms with Crippen LogP contribution >= 0.6 is 0 Å². The lowest BCUT2D eigenvalue weighted by atomic mass is 9.98. The molecule has 7 nitrogen and oxygen atoms in total. The van der Waals surface area contributed by atoms with Gasteiger partial charge in [0, 0.05) is 20.6 Å². The highest BCUT2D eigenvalue weighted by Gasteiger charge is 2.24. The maximum atomic E-state index is 13.0. The number of fused-ring (bicyclic) bond motifs is 1. The fourth-order valence-electron chi connectivity index (χ4n) is 3.15. The van der Waals surface area contributed by atoms with Crippen LogP contribution in [0, 0.1) is 0 Å². The van der Waals surface area contributed by atoms with E-state index in [1.54, 1.807) is 12.1 Å². The average Bonchev–Trinajstić information content (AvgIpc) is 2.68. The molecular weight excluding hydrogens is 410 g/mol. The molecule has 3 rings (SSSR count). The van der Waals surface area contributed by atoms with E-state index in [0.29, 0.717) is 25.1 Å². The summed E-state index contributed by atoms with van der Waals surface area (Å²) in [7, 11) is -4.67. The Hall–Kier alpha value is -2.36. The van der Waals surface area contributed by atoms with Crippen LogP contribution in [-0.2, 0) is 26.5 Å². The van der Waals surface area contributed by atoms with Crippen LogP contribution < -0.4 is 10.0 Å². The van der Waals surface area contributed by atoms with Crippen molar-refractivity contribution in [2.45, 2.75) is 24.7 Å². The number of allylic oxidation sites excluding steroid dienone is 1. The molecule has 0 saturated heterocycles. The molecule has 0 amide bonds. The van der Waals surface area contributed by atoms with Gasteiger partial charge in [0.15, 0.2) is 0 Å². The smallest absolute Gasteiger partial charge is 0.258 e. The van der Waals surface area contributed by atoms with Crippen LogP contribution in [0.15, 0.2) is 52.3 Å². The Kier molecular flexibility index (Phi) is 6.02. The standard InChI is InChI=1S/C20H25N3O4S2/c1-4-21-19-12-11-18(29(26,27)23(2)3)14-20(19)22-28(24,25)17-10-9-15-7-5-6-8-16(15)13-17/h5-8,11-14,21-22H,4,9-10H2,1-3H3. The Morgan fingerprint density at radius 3 is 2.38 bits per heavy atom. The lowest BCUT2D eigenvalue weighted by Gasteiger charge is -2.20. The number of sulfonamides is 2. The molecule has 0 aromatic heterocycles. The summed E-state index contributed by atoms with van der Waals surface area (Å²) in [6, 6.07) is 12.1. The van der Waals surface area contributed by atoms with Crippen LogP contribution in [0.2, 0.25) is 0 Å². The van der Waals surface area contributed by atoms with E-state index in [1.165, 1.54) is 26.2 Å². The molecule has 9 heteroatoms. The molecule has 2 N–H and O–H groups in total. The molecule has 0 spiro atoms. The summed E-state index contributed by atoms with van der Waals surface area (Å²) in [6.07, 6.45) is 2.70. The summed E-state index contributed by atoms with van der Waals surface area (Å²) in [5, 5.41) is 3.07. The van der Waals surface area contributed by atoms with E-state index in [2.05, 4.69) is 10.0 Å². The van der Waals surface area contributed by atoms with Crippen molar-refractivity contribution in [3.63, 3.8) is 0 Å². The first-order valence-electron chi connectivity index (χ1n) is 9.27. The summed E-state index contributed by atoms with van der Waals surface area (Å²) in [6.45, 7) is 2.44. The van der Waals surface area contributed by atoms with Gasteiger partial charge in [-0.1, -0.05) is 24.3 Å². The van der Waals surface area contributed by atoms with Crippen LogP contribution in [0.3, 0.4) is 0 Å². The number of nitrogens with zero attached hydrogens (tertiary/aromatic N) is 1. The molecule has 2 aromatic carbocycles. The second-order valence-electron chi connectivity index (χ2n) is 6.94. The largest absolute Gasteiger partial charge is 0.384 e. The minimum atomic E-state index is -3.84. The van der Waals surface area contributed by atoms with Crippen molar-refractivity contribution in [2.75, 3.05) is 30.7 Å². The molecule has 0 unspecified atom stereocenters. The summed E-state index contributed by atoms with van der Waals surface area (Å²) in [5.41, 5.74) is 2.72. The van der Waals surface area contributed by atoms with Gasteiger partial charge in [-0.3, -0.25) is 4.72 Å². The van der Waals surface area contributed by atoms with Crippen molar-refractivity contribution in [1.82, 2.24) is 4.31 Å². The number of nitrogens with one attached hydrogen (secondary N) is 2.